The second kappa shape index (κ2) is 9.56. The number of allylic oxidation sites excluding steroid dienone is 1. The number of anilines is 2. The van der Waals surface area contributed by atoms with Crippen molar-refractivity contribution in [1.82, 2.24) is 19.8 Å². The Kier molecular flexibility index (Phi) is 6.61. The zero-order valence-corrected chi connectivity index (χ0v) is 19.1. The molecule has 0 unspecified atom stereocenters. The third-order valence-corrected chi connectivity index (χ3v) is 5.90. The van der Waals surface area contributed by atoms with Crippen LogP contribution in [0, 0.1) is 6.92 Å². The molecule has 166 valence electrons. The summed E-state index contributed by atoms with van der Waals surface area (Å²) in [6.07, 6.45) is 8.45. The molecule has 1 saturated heterocycles. The van der Waals surface area contributed by atoms with Crippen LogP contribution in [0.25, 0.3) is 6.08 Å². The molecule has 0 aromatic carbocycles. The van der Waals surface area contributed by atoms with Crippen molar-refractivity contribution in [3.05, 3.63) is 40.8 Å². The Morgan fingerprint density at radius 1 is 1.16 bits per heavy atom. The SMILES string of the molecule is COc1cnc(Nc2nc(C)cc3c2C=C(N(C)C)C3)cc1OCCCN1CCCC1. The highest BCUT2D eigenvalue weighted by Gasteiger charge is 2.20. The maximum Gasteiger partial charge on any atom is 0.179 e. The van der Waals surface area contributed by atoms with Crippen molar-refractivity contribution in [3.8, 4) is 11.5 Å². The van der Waals surface area contributed by atoms with Gasteiger partial charge in [-0.1, -0.05) is 0 Å². The summed E-state index contributed by atoms with van der Waals surface area (Å²) in [7, 11) is 5.79. The second-order valence-corrected chi connectivity index (χ2v) is 8.49. The van der Waals surface area contributed by atoms with Gasteiger partial charge in [0.25, 0.3) is 0 Å². The first-order valence-corrected chi connectivity index (χ1v) is 11.1. The number of nitrogens with zero attached hydrogens (tertiary/aromatic N) is 4. The summed E-state index contributed by atoms with van der Waals surface area (Å²) in [5.74, 6) is 2.87. The van der Waals surface area contributed by atoms with E-state index in [1.54, 1.807) is 13.3 Å². The van der Waals surface area contributed by atoms with E-state index >= 15 is 0 Å². The highest BCUT2D eigenvalue weighted by Crippen LogP contribution is 2.34. The lowest BCUT2D eigenvalue weighted by Gasteiger charge is -2.16. The molecular formula is C24H33N5O2. The molecule has 0 amide bonds. The highest BCUT2D eigenvalue weighted by atomic mass is 16.5. The molecule has 0 atom stereocenters. The molecule has 4 rings (SSSR count). The fraction of sp³-hybridized carbons (Fsp3) is 0.500. The second-order valence-electron chi connectivity index (χ2n) is 8.49. The number of hydrogen-bond donors (Lipinski definition) is 1. The number of rotatable bonds is 9. The van der Waals surface area contributed by atoms with Crippen molar-refractivity contribution >= 4 is 17.7 Å². The summed E-state index contributed by atoms with van der Waals surface area (Å²) in [6, 6.07) is 4.06. The topological polar surface area (TPSA) is 62.8 Å². The smallest absolute Gasteiger partial charge is 0.179 e. The zero-order valence-electron chi connectivity index (χ0n) is 19.1. The van der Waals surface area contributed by atoms with Crippen molar-refractivity contribution < 1.29 is 9.47 Å². The van der Waals surface area contributed by atoms with Gasteiger partial charge in [-0.3, -0.25) is 0 Å². The summed E-state index contributed by atoms with van der Waals surface area (Å²) in [6.45, 7) is 6.19. The van der Waals surface area contributed by atoms with E-state index in [9.17, 15) is 0 Å². The van der Waals surface area contributed by atoms with Gasteiger partial charge < -0.3 is 24.6 Å². The molecule has 31 heavy (non-hydrogen) atoms. The van der Waals surface area contributed by atoms with Crippen LogP contribution in [0.4, 0.5) is 11.6 Å². The molecular weight excluding hydrogens is 390 g/mol. The number of aromatic nitrogens is 2. The van der Waals surface area contributed by atoms with Gasteiger partial charge in [0.15, 0.2) is 11.5 Å². The van der Waals surface area contributed by atoms with Gasteiger partial charge in [0.05, 0.1) is 19.9 Å². The van der Waals surface area contributed by atoms with Gasteiger partial charge in [-0.05, 0) is 57.0 Å². The quantitative estimate of drug-likeness (QED) is 0.615. The minimum absolute atomic E-state index is 0.643. The number of likely N-dealkylation sites (tertiary alicyclic amines) is 1. The molecule has 0 radical (unpaired) electrons. The molecule has 1 N–H and O–H groups in total. The molecule has 0 spiro atoms. The van der Waals surface area contributed by atoms with E-state index in [0.29, 0.717) is 23.9 Å². The van der Waals surface area contributed by atoms with E-state index < -0.39 is 0 Å². The van der Waals surface area contributed by atoms with Crippen LogP contribution in [-0.2, 0) is 6.42 Å². The van der Waals surface area contributed by atoms with Gasteiger partial charge in [-0.15, -0.1) is 0 Å². The largest absolute Gasteiger partial charge is 0.491 e. The molecule has 7 nitrogen and oxygen atoms in total. The molecule has 1 aliphatic heterocycles. The lowest BCUT2D eigenvalue weighted by atomic mass is 10.1. The van der Waals surface area contributed by atoms with Gasteiger partial charge in [-0.2, -0.15) is 0 Å². The van der Waals surface area contributed by atoms with Crippen molar-refractivity contribution in [2.24, 2.45) is 0 Å². The maximum absolute atomic E-state index is 6.06. The van der Waals surface area contributed by atoms with Crippen LogP contribution >= 0.6 is 0 Å². The lowest BCUT2D eigenvalue weighted by Crippen LogP contribution is -2.22. The summed E-state index contributed by atoms with van der Waals surface area (Å²) in [5.41, 5.74) is 4.67. The van der Waals surface area contributed by atoms with E-state index in [4.69, 9.17) is 14.5 Å². The Morgan fingerprint density at radius 2 is 1.97 bits per heavy atom. The Morgan fingerprint density at radius 3 is 2.71 bits per heavy atom. The van der Waals surface area contributed by atoms with Crippen LogP contribution in [0.5, 0.6) is 11.5 Å². The van der Waals surface area contributed by atoms with Crippen molar-refractivity contribution in [2.45, 2.75) is 32.6 Å². The average Bonchev–Trinajstić information content (AvgIpc) is 3.41. The number of pyridine rings is 2. The number of hydrogen-bond acceptors (Lipinski definition) is 7. The van der Waals surface area contributed by atoms with Crippen LogP contribution in [0.15, 0.2) is 24.0 Å². The van der Waals surface area contributed by atoms with E-state index in [-0.39, 0.29) is 0 Å². The van der Waals surface area contributed by atoms with Gasteiger partial charge in [0.1, 0.15) is 11.6 Å². The minimum atomic E-state index is 0.643. The molecule has 0 bridgehead atoms. The molecule has 1 aliphatic carbocycles. The van der Waals surface area contributed by atoms with Gasteiger partial charge in [0.2, 0.25) is 0 Å². The number of nitrogens with one attached hydrogen (secondary N) is 1. The summed E-state index contributed by atoms with van der Waals surface area (Å²) in [4.78, 5) is 13.9. The molecule has 1 fully saturated rings. The minimum Gasteiger partial charge on any atom is -0.491 e. The van der Waals surface area contributed by atoms with E-state index in [1.165, 1.54) is 37.2 Å². The monoisotopic (exact) mass is 423 g/mol. The van der Waals surface area contributed by atoms with E-state index in [1.807, 2.05) is 13.0 Å². The number of methoxy groups -OCH3 is 1. The van der Waals surface area contributed by atoms with Crippen molar-refractivity contribution in [1.29, 1.82) is 0 Å². The molecule has 3 heterocycles. The Balaban J connectivity index is 1.47. The highest BCUT2D eigenvalue weighted by molar-refractivity contribution is 5.75. The Bertz CT molecular complexity index is 951. The van der Waals surface area contributed by atoms with Crippen LogP contribution < -0.4 is 14.8 Å². The van der Waals surface area contributed by atoms with Crippen LogP contribution in [0.2, 0.25) is 0 Å². The molecule has 2 aromatic rings. The normalized spacial score (nSPS) is 15.5. The molecule has 7 heteroatoms. The fourth-order valence-electron chi connectivity index (χ4n) is 4.21. The first-order chi connectivity index (χ1) is 15.0. The van der Waals surface area contributed by atoms with Gasteiger partial charge >= 0.3 is 0 Å². The average molecular weight is 424 g/mol. The molecule has 0 saturated carbocycles. The molecule has 2 aromatic heterocycles. The van der Waals surface area contributed by atoms with Crippen molar-refractivity contribution in [3.63, 3.8) is 0 Å². The van der Waals surface area contributed by atoms with E-state index in [2.05, 4.69) is 46.3 Å². The zero-order chi connectivity index (χ0) is 21.8. The standard InChI is InChI=1S/C24H33N5O2/c1-17-12-18-13-19(28(2)3)14-20(18)24(26-17)27-23-15-21(22(30-4)16-25-23)31-11-7-10-29-8-5-6-9-29/h12,14-16H,5-11,13H2,1-4H3,(H,25,26,27). The predicted octanol–water partition coefficient (Wildman–Crippen LogP) is 3.86. The Hall–Kier alpha value is -2.80. The van der Waals surface area contributed by atoms with Crippen LogP contribution in [-0.4, -0.2) is 67.2 Å². The maximum atomic E-state index is 6.06. The first kappa shape index (κ1) is 21.4. The van der Waals surface area contributed by atoms with Crippen LogP contribution in [0.3, 0.4) is 0 Å². The third-order valence-electron chi connectivity index (χ3n) is 5.90. The van der Waals surface area contributed by atoms with E-state index in [0.717, 1.165) is 36.5 Å². The summed E-state index contributed by atoms with van der Waals surface area (Å²) < 4.78 is 11.5. The number of likely N-dealkylation sites (N-methyl/N-ethyl adjacent to an activating group) is 1. The fourth-order valence-corrected chi connectivity index (χ4v) is 4.21. The third kappa shape index (κ3) is 5.10. The lowest BCUT2D eigenvalue weighted by molar-refractivity contribution is 0.254. The van der Waals surface area contributed by atoms with Gasteiger partial charge in [0, 0.05) is 50.1 Å². The van der Waals surface area contributed by atoms with Crippen molar-refractivity contribution in [2.75, 3.05) is 52.8 Å². The molecule has 2 aliphatic rings. The summed E-state index contributed by atoms with van der Waals surface area (Å²) >= 11 is 0. The predicted molar refractivity (Wildman–Crippen MR) is 124 cm³/mol. The van der Waals surface area contributed by atoms with Crippen LogP contribution in [0.1, 0.15) is 36.1 Å². The number of fused-ring (bicyclic) bond motifs is 1. The van der Waals surface area contributed by atoms with Gasteiger partial charge in [-0.25, -0.2) is 9.97 Å². The Labute approximate surface area is 185 Å². The number of aryl methyl sites for hydroxylation is 1. The summed E-state index contributed by atoms with van der Waals surface area (Å²) in [5, 5.41) is 3.40. The number of ether oxygens (including phenoxy) is 2. The first-order valence-electron chi connectivity index (χ1n) is 11.1.